The van der Waals surface area contributed by atoms with Crippen molar-refractivity contribution in [1.82, 2.24) is 14.2 Å². The van der Waals surface area contributed by atoms with Gasteiger partial charge in [-0.05, 0) is 32.0 Å². The van der Waals surface area contributed by atoms with E-state index in [1.165, 1.54) is 13.4 Å². The number of aryl methyl sites for hydroxylation is 1. The Morgan fingerprint density at radius 3 is 2.56 bits per heavy atom. The molecule has 1 aliphatic rings. The van der Waals surface area contributed by atoms with E-state index < -0.39 is 10.0 Å². The van der Waals surface area contributed by atoms with Gasteiger partial charge >= 0.3 is 5.97 Å². The number of piperidine rings is 1. The van der Waals surface area contributed by atoms with E-state index in [9.17, 15) is 13.2 Å². The topological polar surface area (TPSA) is 80.6 Å². The Kier molecular flexibility index (Phi) is 5.88. The van der Waals surface area contributed by atoms with Gasteiger partial charge in [0.2, 0.25) is 10.0 Å². The first kappa shape index (κ1) is 19.9. The summed E-state index contributed by atoms with van der Waals surface area (Å²) < 4.78 is 32.1. The predicted molar refractivity (Wildman–Crippen MR) is 106 cm³/mol. The van der Waals surface area contributed by atoms with Crippen LogP contribution in [0.15, 0.2) is 24.3 Å². The van der Waals surface area contributed by atoms with Crippen LogP contribution in [0.5, 0.6) is 0 Å². The summed E-state index contributed by atoms with van der Waals surface area (Å²) in [4.78, 5) is 14.8. The van der Waals surface area contributed by atoms with E-state index in [1.807, 2.05) is 31.3 Å². The van der Waals surface area contributed by atoms with Crippen LogP contribution in [0.1, 0.15) is 34.8 Å². The van der Waals surface area contributed by atoms with E-state index in [-0.39, 0.29) is 11.9 Å². The molecule has 0 atom stereocenters. The van der Waals surface area contributed by atoms with Crippen molar-refractivity contribution in [3.8, 4) is 0 Å². The largest absolute Gasteiger partial charge is 0.465 e. The fraction of sp³-hybridized carbons (Fsp3) is 0.526. The number of benzene rings is 1. The summed E-state index contributed by atoms with van der Waals surface area (Å²) in [7, 11) is 0.280. The van der Waals surface area contributed by atoms with Gasteiger partial charge < -0.3 is 14.2 Å². The van der Waals surface area contributed by atoms with Crippen LogP contribution in [-0.4, -0.2) is 63.4 Å². The Hall–Kier alpha value is -1.90. The molecule has 27 heavy (non-hydrogen) atoms. The van der Waals surface area contributed by atoms with Gasteiger partial charge in [0.1, 0.15) is 0 Å². The number of methoxy groups -OCH3 is 1. The van der Waals surface area contributed by atoms with E-state index in [0.717, 1.165) is 42.5 Å². The monoisotopic (exact) mass is 393 g/mol. The average Bonchev–Trinajstić information content (AvgIpc) is 2.94. The number of nitrogens with zero attached hydrogens (tertiary/aromatic N) is 2. The Bertz CT molecular complexity index is 928. The summed E-state index contributed by atoms with van der Waals surface area (Å²) in [6.07, 6.45) is 3.02. The summed E-state index contributed by atoms with van der Waals surface area (Å²) in [5.41, 5.74) is 2.75. The van der Waals surface area contributed by atoms with Crippen molar-refractivity contribution in [2.24, 2.45) is 7.05 Å². The zero-order valence-corrected chi connectivity index (χ0v) is 16.9. The van der Waals surface area contributed by atoms with Gasteiger partial charge in [0, 0.05) is 42.7 Å². The fourth-order valence-corrected chi connectivity index (χ4v) is 4.49. The van der Waals surface area contributed by atoms with Crippen LogP contribution in [0.25, 0.3) is 10.9 Å². The third kappa shape index (κ3) is 4.34. The summed E-state index contributed by atoms with van der Waals surface area (Å²) in [6, 6.07) is 7.91. The maximum atomic E-state index is 12.5. The van der Waals surface area contributed by atoms with Crippen molar-refractivity contribution in [2.45, 2.75) is 18.8 Å². The molecule has 0 amide bonds. The first-order valence-electron chi connectivity index (χ1n) is 9.14. The fourth-order valence-electron chi connectivity index (χ4n) is 4.03. The minimum Gasteiger partial charge on any atom is -0.465 e. The number of rotatable bonds is 6. The molecule has 0 spiro atoms. The Morgan fingerprint density at radius 1 is 1.26 bits per heavy atom. The van der Waals surface area contributed by atoms with Gasteiger partial charge in [-0.25, -0.2) is 17.9 Å². The number of fused-ring (bicyclic) bond motifs is 1. The van der Waals surface area contributed by atoms with Crippen LogP contribution < -0.4 is 4.72 Å². The number of carbonyl (C=O) groups is 1. The number of ether oxygens (including phenoxy) is 1. The van der Waals surface area contributed by atoms with E-state index in [1.54, 1.807) is 0 Å². The van der Waals surface area contributed by atoms with Crippen LogP contribution in [-0.2, 0) is 21.8 Å². The van der Waals surface area contributed by atoms with E-state index in [4.69, 9.17) is 4.74 Å². The lowest BCUT2D eigenvalue weighted by Crippen LogP contribution is -2.39. The molecule has 1 aromatic heterocycles. The van der Waals surface area contributed by atoms with Crippen LogP contribution >= 0.6 is 0 Å². The molecular formula is C19H27N3O4S. The van der Waals surface area contributed by atoms with Crippen molar-refractivity contribution in [3.05, 3.63) is 35.5 Å². The van der Waals surface area contributed by atoms with Crippen LogP contribution in [0.3, 0.4) is 0 Å². The predicted octanol–water partition coefficient (Wildman–Crippen LogP) is 1.69. The standard InChI is InChI=1S/C19H27N3O4S/c1-21-16-7-5-4-6-15(16)17(19(23)26-2)18(21)14-8-11-22(12-9-14)13-10-20-27(3,24)25/h4-7,14,20H,8-13H2,1-3H3. The first-order chi connectivity index (χ1) is 12.8. The van der Waals surface area contributed by atoms with Crippen molar-refractivity contribution < 1.29 is 17.9 Å². The Balaban J connectivity index is 1.77. The van der Waals surface area contributed by atoms with Gasteiger partial charge in [0.15, 0.2) is 0 Å². The van der Waals surface area contributed by atoms with Crippen molar-refractivity contribution in [3.63, 3.8) is 0 Å². The van der Waals surface area contributed by atoms with Crippen LogP contribution in [0, 0.1) is 0 Å². The molecule has 1 saturated heterocycles. The molecule has 2 aromatic rings. The minimum atomic E-state index is -3.15. The zero-order valence-electron chi connectivity index (χ0n) is 16.1. The molecule has 0 saturated carbocycles. The van der Waals surface area contributed by atoms with Crippen molar-refractivity contribution in [1.29, 1.82) is 0 Å². The lowest BCUT2D eigenvalue weighted by molar-refractivity contribution is 0.0600. The number of hydrogen-bond acceptors (Lipinski definition) is 5. The number of nitrogens with one attached hydrogen (secondary N) is 1. The normalized spacial score (nSPS) is 16.7. The molecular weight excluding hydrogens is 366 g/mol. The van der Waals surface area contributed by atoms with E-state index in [2.05, 4.69) is 14.2 Å². The molecule has 7 nitrogen and oxygen atoms in total. The molecule has 148 valence electrons. The smallest absolute Gasteiger partial charge is 0.340 e. The summed E-state index contributed by atoms with van der Waals surface area (Å²) in [6.45, 7) is 2.86. The quantitative estimate of drug-likeness (QED) is 0.756. The number of aromatic nitrogens is 1. The number of carbonyl (C=O) groups excluding carboxylic acids is 1. The number of likely N-dealkylation sites (tertiary alicyclic amines) is 1. The van der Waals surface area contributed by atoms with Gasteiger partial charge in [-0.2, -0.15) is 0 Å². The highest BCUT2D eigenvalue weighted by Gasteiger charge is 2.30. The molecule has 0 radical (unpaired) electrons. The third-order valence-electron chi connectivity index (χ3n) is 5.31. The molecule has 0 unspecified atom stereocenters. The highest BCUT2D eigenvalue weighted by Crippen LogP contribution is 2.36. The Morgan fingerprint density at radius 2 is 1.93 bits per heavy atom. The minimum absolute atomic E-state index is 0.274. The maximum absolute atomic E-state index is 12.5. The van der Waals surface area contributed by atoms with E-state index in [0.29, 0.717) is 18.7 Å². The van der Waals surface area contributed by atoms with Gasteiger partial charge in [0.25, 0.3) is 0 Å². The van der Waals surface area contributed by atoms with Gasteiger partial charge in [-0.1, -0.05) is 18.2 Å². The molecule has 0 aliphatic carbocycles. The number of para-hydroxylation sites is 1. The second-order valence-electron chi connectivity index (χ2n) is 7.11. The molecule has 0 bridgehead atoms. The lowest BCUT2D eigenvalue weighted by atomic mass is 9.90. The van der Waals surface area contributed by atoms with Crippen LogP contribution in [0.4, 0.5) is 0 Å². The summed E-state index contributed by atoms with van der Waals surface area (Å²) in [5, 5.41) is 0.932. The number of esters is 1. The average molecular weight is 394 g/mol. The van der Waals surface area contributed by atoms with E-state index >= 15 is 0 Å². The van der Waals surface area contributed by atoms with Crippen molar-refractivity contribution in [2.75, 3.05) is 39.5 Å². The number of hydrogen-bond donors (Lipinski definition) is 1. The third-order valence-corrected chi connectivity index (χ3v) is 6.04. The lowest BCUT2D eigenvalue weighted by Gasteiger charge is -2.32. The zero-order chi connectivity index (χ0) is 19.6. The van der Waals surface area contributed by atoms with Gasteiger partial charge in [-0.15, -0.1) is 0 Å². The summed E-state index contributed by atoms with van der Waals surface area (Å²) >= 11 is 0. The van der Waals surface area contributed by atoms with Gasteiger partial charge in [0.05, 0.1) is 18.9 Å². The second kappa shape index (κ2) is 8.00. The Labute approximate surface area is 160 Å². The molecule has 1 fully saturated rings. The number of sulfonamides is 1. The SMILES string of the molecule is COC(=O)c1c(C2CCN(CCNS(C)(=O)=O)CC2)n(C)c2ccccc12. The first-order valence-corrected chi connectivity index (χ1v) is 11.0. The molecule has 8 heteroatoms. The molecule has 1 N–H and O–H groups in total. The van der Waals surface area contributed by atoms with Gasteiger partial charge in [-0.3, -0.25) is 0 Å². The second-order valence-corrected chi connectivity index (χ2v) is 8.94. The molecule has 1 aromatic carbocycles. The highest BCUT2D eigenvalue weighted by atomic mass is 32.2. The molecule has 2 heterocycles. The molecule has 3 rings (SSSR count). The maximum Gasteiger partial charge on any atom is 0.340 e. The highest BCUT2D eigenvalue weighted by molar-refractivity contribution is 7.88. The van der Waals surface area contributed by atoms with Crippen LogP contribution in [0.2, 0.25) is 0 Å². The molecule has 1 aliphatic heterocycles. The summed E-state index contributed by atoms with van der Waals surface area (Å²) in [5.74, 6) is -0.0165. The van der Waals surface area contributed by atoms with Crippen molar-refractivity contribution >= 4 is 26.9 Å².